The minimum atomic E-state index is -0.968. The van der Waals surface area contributed by atoms with Gasteiger partial charge >= 0.3 is 11.9 Å². The van der Waals surface area contributed by atoms with E-state index < -0.39 is 24.0 Å². The summed E-state index contributed by atoms with van der Waals surface area (Å²) in [6.45, 7) is -0.226. The number of aliphatic hydroxyl groups is 2. The molecule has 0 radical (unpaired) electrons. The maximum Gasteiger partial charge on any atom is 0.306 e. The van der Waals surface area contributed by atoms with Crippen LogP contribution in [0.1, 0.15) is 51.4 Å². The van der Waals surface area contributed by atoms with Crippen molar-refractivity contribution in [2.75, 3.05) is 6.61 Å². The predicted molar refractivity (Wildman–Crippen MR) is 68.8 cm³/mol. The Morgan fingerprint density at radius 2 is 1.47 bits per heavy atom. The predicted octanol–water partition coefficient (Wildman–Crippen LogP) is 1.25. The van der Waals surface area contributed by atoms with Gasteiger partial charge in [0.05, 0.1) is 18.6 Å². The number of carboxylic acids is 2. The number of carbonyl (C=O) groups is 2. The smallest absolute Gasteiger partial charge is 0.306 e. The second-order valence-corrected chi connectivity index (χ2v) is 4.80. The normalized spacial score (nSPS) is 14.0. The summed E-state index contributed by atoms with van der Waals surface area (Å²) in [5.41, 5.74) is 0. The van der Waals surface area contributed by atoms with Gasteiger partial charge < -0.3 is 20.4 Å². The van der Waals surface area contributed by atoms with Gasteiger partial charge in [0.2, 0.25) is 0 Å². The molecule has 0 aliphatic rings. The standard InChI is InChI=1S/C13H24O6/c14-9-11(15)6-4-2-1-3-5-10(13(18)19)7-8-12(16)17/h10-11,14-15H,1-9H2,(H,16,17)(H,18,19). The van der Waals surface area contributed by atoms with Gasteiger partial charge in [-0.1, -0.05) is 25.7 Å². The van der Waals surface area contributed by atoms with Gasteiger partial charge in [-0.05, 0) is 19.3 Å². The second-order valence-electron chi connectivity index (χ2n) is 4.80. The molecule has 19 heavy (non-hydrogen) atoms. The number of hydrogen-bond donors (Lipinski definition) is 4. The van der Waals surface area contributed by atoms with E-state index in [0.29, 0.717) is 12.8 Å². The van der Waals surface area contributed by atoms with Crippen molar-refractivity contribution in [1.29, 1.82) is 0 Å². The summed E-state index contributed by atoms with van der Waals surface area (Å²) in [6, 6.07) is 0. The third-order valence-corrected chi connectivity index (χ3v) is 3.11. The zero-order valence-electron chi connectivity index (χ0n) is 11.1. The fourth-order valence-electron chi connectivity index (χ4n) is 1.90. The van der Waals surface area contributed by atoms with Gasteiger partial charge in [0.15, 0.2) is 0 Å². The monoisotopic (exact) mass is 276 g/mol. The van der Waals surface area contributed by atoms with Gasteiger partial charge in [0.25, 0.3) is 0 Å². The van der Waals surface area contributed by atoms with Crippen LogP contribution in [0.4, 0.5) is 0 Å². The Labute approximate surface area is 113 Å². The average Bonchev–Trinajstić information content (AvgIpc) is 2.35. The minimum Gasteiger partial charge on any atom is -0.481 e. The van der Waals surface area contributed by atoms with E-state index in [2.05, 4.69) is 0 Å². The van der Waals surface area contributed by atoms with Crippen LogP contribution >= 0.6 is 0 Å². The summed E-state index contributed by atoms with van der Waals surface area (Å²) in [7, 11) is 0. The van der Waals surface area contributed by atoms with Gasteiger partial charge in [-0.3, -0.25) is 9.59 Å². The van der Waals surface area contributed by atoms with Crippen LogP contribution in [0.3, 0.4) is 0 Å². The van der Waals surface area contributed by atoms with Crippen molar-refractivity contribution in [2.45, 2.75) is 57.5 Å². The topological polar surface area (TPSA) is 115 Å². The third-order valence-electron chi connectivity index (χ3n) is 3.11. The molecule has 0 spiro atoms. The van der Waals surface area contributed by atoms with E-state index in [1.165, 1.54) is 0 Å². The van der Waals surface area contributed by atoms with Crippen LogP contribution in [0, 0.1) is 5.92 Å². The van der Waals surface area contributed by atoms with Crippen LogP contribution in [-0.2, 0) is 9.59 Å². The molecule has 0 aromatic rings. The molecular formula is C13H24O6. The number of aliphatic hydroxyl groups excluding tert-OH is 2. The SMILES string of the molecule is O=C(O)CCC(CCCCCCC(O)CO)C(=O)O. The van der Waals surface area contributed by atoms with Crippen LogP contribution in [0.25, 0.3) is 0 Å². The van der Waals surface area contributed by atoms with E-state index in [-0.39, 0.29) is 19.4 Å². The second kappa shape index (κ2) is 10.8. The molecule has 0 bridgehead atoms. The summed E-state index contributed by atoms with van der Waals surface area (Å²) in [5.74, 6) is -2.49. The Hall–Kier alpha value is -1.14. The van der Waals surface area contributed by atoms with Crippen LogP contribution in [0.15, 0.2) is 0 Å². The van der Waals surface area contributed by atoms with Crippen molar-refractivity contribution < 1.29 is 30.0 Å². The molecule has 0 fully saturated rings. The average molecular weight is 276 g/mol. The van der Waals surface area contributed by atoms with Crippen molar-refractivity contribution >= 4 is 11.9 Å². The summed E-state index contributed by atoms with van der Waals surface area (Å²) in [6.07, 6.45) is 3.72. The maximum atomic E-state index is 10.9. The number of aliphatic carboxylic acids is 2. The van der Waals surface area contributed by atoms with E-state index in [0.717, 1.165) is 25.7 Å². The summed E-state index contributed by atoms with van der Waals surface area (Å²) >= 11 is 0. The fraction of sp³-hybridized carbons (Fsp3) is 0.846. The quantitative estimate of drug-likeness (QED) is 0.399. The van der Waals surface area contributed by atoms with E-state index in [9.17, 15) is 9.59 Å². The highest BCUT2D eigenvalue weighted by atomic mass is 16.4. The molecule has 0 saturated carbocycles. The first kappa shape index (κ1) is 17.9. The van der Waals surface area contributed by atoms with Gasteiger partial charge in [-0.25, -0.2) is 0 Å². The van der Waals surface area contributed by atoms with Crippen LogP contribution in [0.2, 0.25) is 0 Å². The number of unbranched alkanes of at least 4 members (excludes halogenated alkanes) is 3. The Morgan fingerprint density at radius 3 is 1.95 bits per heavy atom. The van der Waals surface area contributed by atoms with E-state index >= 15 is 0 Å². The zero-order chi connectivity index (χ0) is 14.7. The number of hydrogen-bond acceptors (Lipinski definition) is 4. The fourth-order valence-corrected chi connectivity index (χ4v) is 1.90. The first-order chi connectivity index (χ1) is 8.97. The largest absolute Gasteiger partial charge is 0.481 e. The lowest BCUT2D eigenvalue weighted by Gasteiger charge is -2.11. The Bertz CT molecular complexity index is 266. The summed E-state index contributed by atoms with van der Waals surface area (Å²) in [4.78, 5) is 21.3. The van der Waals surface area contributed by atoms with Crippen LogP contribution in [0.5, 0.6) is 0 Å². The molecule has 0 aliphatic carbocycles. The van der Waals surface area contributed by atoms with Crippen molar-refractivity contribution in [1.82, 2.24) is 0 Å². The molecule has 0 rings (SSSR count). The molecule has 112 valence electrons. The van der Waals surface area contributed by atoms with Crippen molar-refractivity contribution in [3.63, 3.8) is 0 Å². The first-order valence-corrected chi connectivity index (χ1v) is 6.71. The number of carboxylic acid groups (broad SMARTS) is 2. The lowest BCUT2D eigenvalue weighted by Crippen LogP contribution is -2.15. The van der Waals surface area contributed by atoms with E-state index in [1.807, 2.05) is 0 Å². The summed E-state index contributed by atoms with van der Waals surface area (Å²) < 4.78 is 0. The maximum absolute atomic E-state index is 10.9. The molecule has 0 aliphatic heterocycles. The summed E-state index contributed by atoms with van der Waals surface area (Å²) in [5, 5.41) is 35.2. The van der Waals surface area contributed by atoms with Gasteiger partial charge in [0, 0.05) is 6.42 Å². The minimum absolute atomic E-state index is 0.111. The molecule has 6 nitrogen and oxygen atoms in total. The van der Waals surface area contributed by atoms with Crippen LogP contribution < -0.4 is 0 Å². The lowest BCUT2D eigenvalue weighted by molar-refractivity contribution is -0.143. The number of rotatable bonds is 12. The third kappa shape index (κ3) is 10.5. The Kier molecular flexibility index (Phi) is 10.1. The van der Waals surface area contributed by atoms with E-state index in [4.69, 9.17) is 20.4 Å². The Balaban J connectivity index is 3.64. The molecule has 0 saturated heterocycles. The van der Waals surface area contributed by atoms with Gasteiger partial charge in [0.1, 0.15) is 0 Å². The molecule has 2 unspecified atom stereocenters. The molecular weight excluding hydrogens is 252 g/mol. The van der Waals surface area contributed by atoms with Crippen LogP contribution in [-0.4, -0.2) is 45.1 Å². The van der Waals surface area contributed by atoms with Crippen molar-refractivity contribution in [2.24, 2.45) is 5.92 Å². The van der Waals surface area contributed by atoms with E-state index in [1.54, 1.807) is 0 Å². The molecule has 2 atom stereocenters. The molecule has 0 aromatic heterocycles. The highest BCUT2D eigenvalue weighted by Crippen LogP contribution is 2.17. The highest BCUT2D eigenvalue weighted by Gasteiger charge is 2.17. The molecule has 0 aromatic carbocycles. The highest BCUT2D eigenvalue weighted by molar-refractivity contribution is 5.72. The Morgan fingerprint density at radius 1 is 0.895 bits per heavy atom. The molecule has 4 N–H and O–H groups in total. The van der Waals surface area contributed by atoms with Gasteiger partial charge in [-0.15, -0.1) is 0 Å². The molecule has 0 heterocycles. The van der Waals surface area contributed by atoms with Crippen molar-refractivity contribution in [3.8, 4) is 0 Å². The molecule has 0 amide bonds. The molecule has 6 heteroatoms. The lowest BCUT2D eigenvalue weighted by atomic mass is 9.96. The zero-order valence-corrected chi connectivity index (χ0v) is 11.1. The van der Waals surface area contributed by atoms with Crippen molar-refractivity contribution in [3.05, 3.63) is 0 Å². The van der Waals surface area contributed by atoms with Gasteiger partial charge in [-0.2, -0.15) is 0 Å². The first-order valence-electron chi connectivity index (χ1n) is 6.71.